The number of nitrogens with two attached hydrogens (primary N) is 1. The molecule has 1 atom stereocenters. The number of nitrogens with zero attached hydrogens (tertiary/aromatic N) is 4. The molecular weight excluding hydrogens is 290 g/mol. The van der Waals surface area contributed by atoms with Crippen molar-refractivity contribution in [2.75, 3.05) is 7.05 Å². The van der Waals surface area contributed by atoms with Crippen LogP contribution in [0.2, 0.25) is 0 Å². The predicted molar refractivity (Wildman–Crippen MR) is 89.0 cm³/mol. The van der Waals surface area contributed by atoms with Gasteiger partial charge < -0.3 is 16.0 Å². The second-order valence-electron chi connectivity index (χ2n) is 6.60. The first kappa shape index (κ1) is 14.6. The van der Waals surface area contributed by atoms with Gasteiger partial charge in [-0.1, -0.05) is 5.21 Å². The van der Waals surface area contributed by atoms with E-state index in [0.29, 0.717) is 11.8 Å². The highest BCUT2D eigenvalue weighted by Crippen LogP contribution is 2.38. The van der Waals surface area contributed by atoms with Gasteiger partial charge in [-0.15, -0.1) is 5.10 Å². The number of hydrogen-bond donors (Lipinski definition) is 3. The molecule has 1 aliphatic carbocycles. The van der Waals surface area contributed by atoms with Crippen LogP contribution in [0.3, 0.4) is 0 Å². The molecular formula is C16H23N7. The molecule has 1 fully saturated rings. The summed E-state index contributed by atoms with van der Waals surface area (Å²) in [5.41, 5.74) is 9.13. The minimum Gasteiger partial charge on any atom is -0.346 e. The predicted octanol–water partition coefficient (Wildman–Crippen LogP) is 1.77. The number of rotatable bonds is 4. The van der Waals surface area contributed by atoms with Gasteiger partial charge in [0, 0.05) is 17.5 Å². The molecule has 0 aromatic carbocycles. The fourth-order valence-corrected chi connectivity index (χ4v) is 3.84. The summed E-state index contributed by atoms with van der Waals surface area (Å²) in [5, 5.41) is 13.0. The van der Waals surface area contributed by atoms with Crippen LogP contribution in [0.5, 0.6) is 0 Å². The van der Waals surface area contributed by atoms with E-state index in [1.807, 2.05) is 13.2 Å². The van der Waals surface area contributed by atoms with E-state index in [-0.39, 0.29) is 6.17 Å². The van der Waals surface area contributed by atoms with Crippen molar-refractivity contribution in [3.8, 4) is 0 Å². The highest BCUT2D eigenvalue weighted by Gasteiger charge is 2.27. The van der Waals surface area contributed by atoms with E-state index in [0.717, 1.165) is 41.5 Å². The Bertz CT molecular complexity index is 797. The van der Waals surface area contributed by atoms with Crippen molar-refractivity contribution in [2.45, 2.75) is 44.2 Å². The van der Waals surface area contributed by atoms with Crippen LogP contribution >= 0.6 is 0 Å². The van der Waals surface area contributed by atoms with Gasteiger partial charge in [0.25, 0.3) is 0 Å². The Labute approximate surface area is 134 Å². The average molecular weight is 313 g/mol. The molecule has 7 nitrogen and oxygen atoms in total. The first-order chi connectivity index (χ1) is 11.3. The Morgan fingerprint density at radius 2 is 2.22 bits per heavy atom. The molecule has 0 amide bonds. The monoisotopic (exact) mass is 313 g/mol. The topological polar surface area (TPSA) is 96.9 Å². The minimum absolute atomic E-state index is 0.109. The molecule has 4 N–H and O–H groups in total. The van der Waals surface area contributed by atoms with Crippen molar-refractivity contribution < 1.29 is 0 Å². The van der Waals surface area contributed by atoms with Crippen LogP contribution in [0.15, 0.2) is 18.6 Å². The van der Waals surface area contributed by atoms with Crippen LogP contribution in [0, 0.1) is 5.92 Å². The molecule has 0 saturated heterocycles. The molecule has 3 heterocycles. The van der Waals surface area contributed by atoms with Gasteiger partial charge >= 0.3 is 0 Å². The fraction of sp³-hybridized carbons (Fsp3) is 0.562. The van der Waals surface area contributed by atoms with Crippen molar-refractivity contribution >= 4 is 16.6 Å². The van der Waals surface area contributed by atoms with Gasteiger partial charge in [0.1, 0.15) is 17.5 Å². The largest absolute Gasteiger partial charge is 0.346 e. The van der Waals surface area contributed by atoms with Gasteiger partial charge in [0.2, 0.25) is 0 Å². The molecule has 3 aromatic heterocycles. The maximum absolute atomic E-state index is 6.01. The van der Waals surface area contributed by atoms with E-state index in [2.05, 4.69) is 31.7 Å². The van der Waals surface area contributed by atoms with E-state index in [9.17, 15) is 0 Å². The second kappa shape index (κ2) is 5.90. The standard InChI is InChI=1S/C16H23N7/c1-18-13(17)8-10-2-4-11(5-3-10)14-15-12-6-7-19-16(12)20-9-23(15)22-21-14/h6-7,9-11,13,18-19H,2-5,8,17H2,1H3. The summed E-state index contributed by atoms with van der Waals surface area (Å²) in [6.45, 7) is 0. The molecule has 1 aliphatic rings. The van der Waals surface area contributed by atoms with Crippen LogP contribution < -0.4 is 11.1 Å². The second-order valence-corrected chi connectivity index (χ2v) is 6.60. The van der Waals surface area contributed by atoms with Crippen LogP contribution in [-0.2, 0) is 0 Å². The summed E-state index contributed by atoms with van der Waals surface area (Å²) in [7, 11) is 1.93. The third kappa shape index (κ3) is 2.60. The third-order valence-electron chi connectivity index (χ3n) is 5.19. The molecule has 122 valence electrons. The first-order valence-electron chi connectivity index (χ1n) is 8.36. The molecule has 0 radical (unpaired) electrons. The van der Waals surface area contributed by atoms with Crippen molar-refractivity contribution in [3.63, 3.8) is 0 Å². The van der Waals surface area contributed by atoms with Gasteiger partial charge in [0.15, 0.2) is 0 Å². The molecule has 1 unspecified atom stereocenters. The molecule has 0 spiro atoms. The normalized spacial score (nSPS) is 23.6. The lowest BCUT2D eigenvalue weighted by atomic mass is 9.78. The van der Waals surface area contributed by atoms with Crippen LogP contribution in [0.1, 0.15) is 43.7 Å². The fourth-order valence-electron chi connectivity index (χ4n) is 3.84. The van der Waals surface area contributed by atoms with Crippen molar-refractivity contribution in [2.24, 2.45) is 11.7 Å². The third-order valence-corrected chi connectivity index (χ3v) is 5.19. The smallest absolute Gasteiger partial charge is 0.141 e. The number of hydrogen-bond acceptors (Lipinski definition) is 5. The zero-order chi connectivity index (χ0) is 15.8. The molecule has 0 bridgehead atoms. The Morgan fingerprint density at radius 1 is 1.39 bits per heavy atom. The Balaban J connectivity index is 1.58. The van der Waals surface area contributed by atoms with E-state index < -0.39 is 0 Å². The number of aromatic nitrogens is 5. The number of fused-ring (bicyclic) bond motifs is 3. The summed E-state index contributed by atoms with van der Waals surface area (Å²) in [6, 6.07) is 2.06. The Hall–Kier alpha value is -1.99. The van der Waals surface area contributed by atoms with Crippen LogP contribution in [0.25, 0.3) is 16.6 Å². The average Bonchev–Trinajstić information content (AvgIpc) is 3.21. The zero-order valence-corrected chi connectivity index (χ0v) is 13.4. The van der Waals surface area contributed by atoms with Gasteiger partial charge in [-0.2, -0.15) is 0 Å². The van der Waals surface area contributed by atoms with E-state index in [1.165, 1.54) is 12.8 Å². The zero-order valence-electron chi connectivity index (χ0n) is 13.4. The minimum atomic E-state index is 0.109. The first-order valence-corrected chi connectivity index (χ1v) is 8.36. The lowest BCUT2D eigenvalue weighted by Gasteiger charge is -2.29. The SMILES string of the molecule is CNC(N)CC1CCC(c2nnn3cnc4[nH]ccc4c23)CC1. The van der Waals surface area contributed by atoms with Crippen molar-refractivity contribution in [1.29, 1.82) is 0 Å². The van der Waals surface area contributed by atoms with Crippen molar-refractivity contribution in [1.82, 2.24) is 30.1 Å². The molecule has 7 heteroatoms. The lowest BCUT2D eigenvalue weighted by Crippen LogP contribution is -2.36. The summed E-state index contributed by atoms with van der Waals surface area (Å²) >= 11 is 0. The summed E-state index contributed by atoms with van der Waals surface area (Å²) in [5.74, 6) is 1.19. The Kier molecular flexibility index (Phi) is 3.74. The summed E-state index contributed by atoms with van der Waals surface area (Å²) in [4.78, 5) is 7.53. The lowest BCUT2D eigenvalue weighted by molar-refractivity contribution is 0.283. The summed E-state index contributed by atoms with van der Waals surface area (Å²) < 4.78 is 1.80. The highest BCUT2D eigenvalue weighted by molar-refractivity contribution is 5.92. The Morgan fingerprint density at radius 3 is 3.00 bits per heavy atom. The summed E-state index contributed by atoms with van der Waals surface area (Å²) in [6.07, 6.45) is 9.55. The van der Waals surface area contributed by atoms with Crippen LogP contribution in [0.4, 0.5) is 0 Å². The van der Waals surface area contributed by atoms with E-state index in [4.69, 9.17) is 5.73 Å². The quantitative estimate of drug-likeness (QED) is 0.638. The number of H-pyrrole nitrogens is 1. The molecule has 23 heavy (non-hydrogen) atoms. The van der Waals surface area contributed by atoms with Crippen molar-refractivity contribution in [3.05, 3.63) is 24.3 Å². The molecule has 0 aliphatic heterocycles. The maximum atomic E-state index is 6.01. The number of nitrogens with one attached hydrogen (secondary N) is 2. The number of aromatic amines is 1. The molecule has 1 saturated carbocycles. The van der Waals surface area contributed by atoms with Gasteiger partial charge in [-0.05, 0) is 51.1 Å². The highest BCUT2D eigenvalue weighted by atomic mass is 15.4. The van der Waals surface area contributed by atoms with E-state index >= 15 is 0 Å². The maximum Gasteiger partial charge on any atom is 0.141 e. The molecule has 3 aromatic rings. The van der Waals surface area contributed by atoms with Crippen LogP contribution in [-0.4, -0.2) is 38.0 Å². The van der Waals surface area contributed by atoms with E-state index in [1.54, 1.807) is 10.8 Å². The van der Waals surface area contributed by atoms with Gasteiger partial charge in [-0.3, -0.25) is 0 Å². The molecule has 4 rings (SSSR count). The van der Waals surface area contributed by atoms with Gasteiger partial charge in [0.05, 0.1) is 11.9 Å². The van der Waals surface area contributed by atoms with Gasteiger partial charge in [-0.25, -0.2) is 9.50 Å².